The van der Waals surface area contributed by atoms with Crippen LogP contribution < -0.4 is 5.32 Å². The number of likely N-dealkylation sites (tertiary alicyclic amines) is 1. The second kappa shape index (κ2) is 5.89. The van der Waals surface area contributed by atoms with Crippen LogP contribution in [0.1, 0.15) is 47.0 Å². The Labute approximate surface area is 112 Å². The fourth-order valence-corrected chi connectivity index (χ4v) is 3.12. The van der Waals surface area contributed by atoms with Crippen molar-refractivity contribution in [3.8, 4) is 0 Å². The van der Waals surface area contributed by atoms with Crippen LogP contribution in [-0.4, -0.2) is 48.8 Å². The van der Waals surface area contributed by atoms with Crippen molar-refractivity contribution < 1.29 is 4.74 Å². The molecule has 0 amide bonds. The van der Waals surface area contributed by atoms with Crippen LogP contribution >= 0.6 is 0 Å². The minimum absolute atomic E-state index is 0.251. The van der Waals surface area contributed by atoms with E-state index in [2.05, 4.69) is 37.9 Å². The van der Waals surface area contributed by atoms with Crippen molar-refractivity contribution in [2.75, 3.05) is 26.2 Å². The average Bonchev–Trinajstić information content (AvgIpc) is 2.74. The molecule has 0 saturated carbocycles. The summed E-state index contributed by atoms with van der Waals surface area (Å²) in [5, 5.41) is 3.64. The smallest absolute Gasteiger partial charge is 0.0561 e. The number of nitrogens with one attached hydrogen (secondary N) is 1. The molecule has 0 bridgehead atoms. The molecule has 106 valence electrons. The van der Waals surface area contributed by atoms with E-state index >= 15 is 0 Å². The van der Waals surface area contributed by atoms with Gasteiger partial charge in [0.2, 0.25) is 0 Å². The summed E-state index contributed by atoms with van der Waals surface area (Å²) in [6.07, 6.45) is 4.26. The third-order valence-electron chi connectivity index (χ3n) is 4.21. The fourth-order valence-electron chi connectivity index (χ4n) is 3.12. The summed E-state index contributed by atoms with van der Waals surface area (Å²) in [6.45, 7) is 13.6. The standard InChI is InChI=1S/C15H30N2O/c1-12-9-14(6-8-18-12)17-7-5-13(11-17)10-16-15(2,3)4/h12-14,16H,5-11H2,1-4H3. The molecular formula is C15H30N2O. The molecule has 3 atom stereocenters. The SMILES string of the molecule is CC1CC(N2CCC(CNC(C)(C)C)C2)CCO1. The van der Waals surface area contributed by atoms with E-state index in [0.717, 1.165) is 18.6 Å². The van der Waals surface area contributed by atoms with E-state index in [9.17, 15) is 0 Å². The Balaban J connectivity index is 1.74. The van der Waals surface area contributed by atoms with Gasteiger partial charge >= 0.3 is 0 Å². The molecule has 2 aliphatic rings. The molecule has 3 unspecified atom stereocenters. The maximum atomic E-state index is 5.65. The molecule has 2 heterocycles. The number of nitrogens with zero attached hydrogens (tertiary/aromatic N) is 1. The van der Waals surface area contributed by atoms with Crippen molar-refractivity contribution in [3.05, 3.63) is 0 Å². The van der Waals surface area contributed by atoms with Crippen molar-refractivity contribution >= 4 is 0 Å². The Morgan fingerprint density at radius 1 is 1.28 bits per heavy atom. The van der Waals surface area contributed by atoms with E-state index in [0.29, 0.717) is 6.10 Å². The number of rotatable bonds is 3. The molecule has 18 heavy (non-hydrogen) atoms. The minimum Gasteiger partial charge on any atom is -0.378 e. The first-order valence-corrected chi connectivity index (χ1v) is 7.55. The zero-order chi connectivity index (χ0) is 13.2. The molecule has 0 aromatic heterocycles. The van der Waals surface area contributed by atoms with Crippen LogP contribution in [0.5, 0.6) is 0 Å². The lowest BCUT2D eigenvalue weighted by atomic mass is 10.0. The summed E-state index contributed by atoms with van der Waals surface area (Å²) in [7, 11) is 0. The van der Waals surface area contributed by atoms with Crippen molar-refractivity contribution in [2.24, 2.45) is 5.92 Å². The van der Waals surface area contributed by atoms with Gasteiger partial charge in [0.15, 0.2) is 0 Å². The lowest BCUT2D eigenvalue weighted by molar-refractivity contribution is -0.0129. The van der Waals surface area contributed by atoms with Gasteiger partial charge < -0.3 is 10.1 Å². The van der Waals surface area contributed by atoms with Gasteiger partial charge in [-0.2, -0.15) is 0 Å². The Morgan fingerprint density at radius 2 is 2.06 bits per heavy atom. The quantitative estimate of drug-likeness (QED) is 0.836. The Bertz CT molecular complexity index is 262. The monoisotopic (exact) mass is 254 g/mol. The molecular weight excluding hydrogens is 224 g/mol. The van der Waals surface area contributed by atoms with Gasteiger partial charge in [0.1, 0.15) is 0 Å². The lowest BCUT2D eigenvalue weighted by Crippen LogP contribution is -2.42. The van der Waals surface area contributed by atoms with Gasteiger partial charge in [-0.25, -0.2) is 0 Å². The van der Waals surface area contributed by atoms with Gasteiger partial charge in [-0.05, 0) is 66.0 Å². The van der Waals surface area contributed by atoms with E-state index in [1.54, 1.807) is 0 Å². The molecule has 1 N–H and O–H groups in total. The van der Waals surface area contributed by atoms with E-state index in [1.807, 2.05) is 0 Å². The number of ether oxygens (including phenoxy) is 1. The molecule has 0 spiro atoms. The van der Waals surface area contributed by atoms with Gasteiger partial charge in [0, 0.05) is 24.7 Å². The zero-order valence-electron chi connectivity index (χ0n) is 12.5. The van der Waals surface area contributed by atoms with Gasteiger partial charge in [-0.3, -0.25) is 4.90 Å². The van der Waals surface area contributed by atoms with Crippen molar-refractivity contribution in [3.63, 3.8) is 0 Å². The summed E-state index contributed by atoms with van der Waals surface area (Å²) in [5.74, 6) is 0.836. The predicted molar refractivity (Wildman–Crippen MR) is 75.9 cm³/mol. The summed E-state index contributed by atoms with van der Waals surface area (Å²) in [6, 6.07) is 0.772. The maximum absolute atomic E-state index is 5.65. The fraction of sp³-hybridized carbons (Fsp3) is 1.00. The molecule has 0 aromatic rings. The predicted octanol–water partition coefficient (Wildman–Crippen LogP) is 2.26. The van der Waals surface area contributed by atoms with Crippen molar-refractivity contribution in [1.29, 1.82) is 0 Å². The topological polar surface area (TPSA) is 24.5 Å². The molecule has 2 saturated heterocycles. The van der Waals surface area contributed by atoms with Crippen LogP contribution in [0.2, 0.25) is 0 Å². The Kier molecular flexibility index (Phi) is 4.68. The van der Waals surface area contributed by atoms with Crippen LogP contribution in [0, 0.1) is 5.92 Å². The first kappa shape index (κ1) is 14.3. The summed E-state index contributed by atoms with van der Waals surface area (Å²) >= 11 is 0. The highest BCUT2D eigenvalue weighted by Crippen LogP contribution is 2.25. The van der Waals surface area contributed by atoms with Gasteiger partial charge in [-0.1, -0.05) is 0 Å². The van der Waals surface area contributed by atoms with E-state index in [-0.39, 0.29) is 5.54 Å². The second-order valence-electron chi connectivity index (χ2n) is 7.14. The average molecular weight is 254 g/mol. The molecule has 3 nitrogen and oxygen atoms in total. The van der Waals surface area contributed by atoms with Gasteiger partial charge in [0.25, 0.3) is 0 Å². The minimum atomic E-state index is 0.251. The summed E-state index contributed by atoms with van der Waals surface area (Å²) in [4.78, 5) is 2.70. The molecule has 2 rings (SSSR count). The second-order valence-corrected chi connectivity index (χ2v) is 7.14. The van der Waals surface area contributed by atoms with Gasteiger partial charge in [0.05, 0.1) is 6.10 Å². The molecule has 2 aliphatic heterocycles. The molecule has 0 aliphatic carbocycles. The lowest BCUT2D eigenvalue weighted by Gasteiger charge is -2.34. The van der Waals surface area contributed by atoms with Crippen LogP contribution in [0.15, 0.2) is 0 Å². The molecule has 0 aromatic carbocycles. The highest BCUT2D eigenvalue weighted by atomic mass is 16.5. The third-order valence-corrected chi connectivity index (χ3v) is 4.21. The van der Waals surface area contributed by atoms with E-state index in [4.69, 9.17) is 4.74 Å². The van der Waals surface area contributed by atoms with Crippen LogP contribution in [0.4, 0.5) is 0 Å². The van der Waals surface area contributed by atoms with Crippen LogP contribution in [0.3, 0.4) is 0 Å². The largest absolute Gasteiger partial charge is 0.378 e. The van der Waals surface area contributed by atoms with E-state index in [1.165, 1.54) is 38.9 Å². The van der Waals surface area contributed by atoms with Crippen LogP contribution in [-0.2, 0) is 4.74 Å². The number of hydrogen-bond acceptors (Lipinski definition) is 3. The third kappa shape index (κ3) is 4.22. The summed E-state index contributed by atoms with van der Waals surface area (Å²) < 4.78 is 5.65. The Morgan fingerprint density at radius 3 is 2.72 bits per heavy atom. The first-order chi connectivity index (χ1) is 8.44. The van der Waals surface area contributed by atoms with Crippen molar-refractivity contribution in [2.45, 2.75) is 64.6 Å². The molecule has 2 fully saturated rings. The summed E-state index contributed by atoms with van der Waals surface area (Å²) in [5.41, 5.74) is 0.251. The Hall–Kier alpha value is -0.120. The first-order valence-electron chi connectivity index (χ1n) is 7.55. The zero-order valence-corrected chi connectivity index (χ0v) is 12.5. The normalized spacial score (nSPS) is 35.0. The van der Waals surface area contributed by atoms with Crippen molar-refractivity contribution in [1.82, 2.24) is 10.2 Å². The highest BCUT2D eigenvalue weighted by Gasteiger charge is 2.31. The van der Waals surface area contributed by atoms with Gasteiger partial charge in [-0.15, -0.1) is 0 Å². The molecule has 0 radical (unpaired) electrons. The number of hydrogen-bond donors (Lipinski definition) is 1. The van der Waals surface area contributed by atoms with E-state index < -0.39 is 0 Å². The maximum Gasteiger partial charge on any atom is 0.0561 e. The highest BCUT2D eigenvalue weighted by molar-refractivity contribution is 4.86. The van der Waals surface area contributed by atoms with Crippen LogP contribution in [0.25, 0.3) is 0 Å². The molecule has 3 heteroatoms.